The number of carbonyl (C=O) groups is 1. The van der Waals surface area contributed by atoms with Crippen molar-refractivity contribution in [3.05, 3.63) is 87.7 Å². The molecule has 1 heterocycles. The first-order valence-corrected chi connectivity index (χ1v) is 12.6. The number of amides is 1. The number of nitrogens with zero attached hydrogens (tertiary/aromatic N) is 1. The van der Waals surface area contributed by atoms with Crippen LogP contribution in [0.25, 0.3) is 6.08 Å². The molecule has 0 atom stereocenters. The third-order valence-corrected chi connectivity index (χ3v) is 7.15. The number of carbonyl (C=O) groups excluding carboxylic acids is 1. The van der Waals surface area contributed by atoms with Gasteiger partial charge in [-0.15, -0.1) is 0 Å². The zero-order chi connectivity index (χ0) is 23.4. The Bertz CT molecular complexity index is 1360. The highest BCUT2D eigenvalue weighted by molar-refractivity contribution is 9.10. The zero-order valence-electron chi connectivity index (χ0n) is 17.2. The van der Waals surface area contributed by atoms with Gasteiger partial charge in [0.25, 0.3) is 5.91 Å². The molecule has 4 rings (SSSR count). The van der Waals surface area contributed by atoms with E-state index in [1.807, 2.05) is 30.3 Å². The van der Waals surface area contributed by atoms with E-state index in [1.165, 1.54) is 31.0 Å². The summed E-state index contributed by atoms with van der Waals surface area (Å²) in [6.07, 6.45) is 1.66. The highest BCUT2D eigenvalue weighted by Crippen LogP contribution is 2.39. The quantitative estimate of drug-likeness (QED) is 0.342. The van der Waals surface area contributed by atoms with Gasteiger partial charge in [0.1, 0.15) is 4.90 Å². The van der Waals surface area contributed by atoms with Crippen LogP contribution in [0, 0.1) is 0 Å². The summed E-state index contributed by atoms with van der Waals surface area (Å²) in [4.78, 5) is 17.3. The third-order valence-electron chi connectivity index (χ3n) is 4.41. The Balaban J connectivity index is 1.61. The van der Waals surface area contributed by atoms with Crippen LogP contribution in [0.3, 0.4) is 0 Å². The van der Waals surface area contributed by atoms with Gasteiger partial charge in [-0.25, -0.2) is 4.99 Å². The lowest BCUT2D eigenvalue weighted by Crippen LogP contribution is -2.19. The molecule has 10 heteroatoms. The number of rotatable bonds is 6. The highest BCUT2D eigenvalue weighted by Gasteiger charge is 2.25. The summed E-state index contributed by atoms with van der Waals surface area (Å²) in [5, 5.41) is 3.21. The van der Waals surface area contributed by atoms with Crippen LogP contribution >= 0.6 is 27.7 Å². The highest BCUT2D eigenvalue weighted by atomic mass is 79.9. The van der Waals surface area contributed by atoms with Crippen molar-refractivity contribution >= 4 is 60.6 Å². The SMILES string of the molecule is COc1cc(/C=C2\SC(=Nc3ccccc3)NC2=O)cc(Br)c1OS(=O)(=O)c1ccccc1. The largest absolute Gasteiger partial charge is 0.493 e. The fourth-order valence-electron chi connectivity index (χ4n) is 2.90. The van der Waals surface area contributed by atoms with Gasteiger partial charge in [0.15, 0.2) is 16.7 Å². The second kappa shape index (κ2) is 9.82. The molecule has 1 saturated heterocycles. The second-order valence-electron chi connectivity index (χ2n) is 6.70. The monoisotopic (exact) mass is 544 g/mol. The summed E-state index contributed by atoms with van der Waals surface area (Å²) >= 11 is 4.56. The normalized spacial score (nSPS) is 16.1. The number of benzene rings is 3. The van der Waals surface area contributed by atoms with Gasteiger partial charge >= 0.3 is 10.1 Å². The zero-order valence-corrected chi connectivity index (χ0v) is 20.4. The number of hydrogen-bond donors (Lipinski definition) is 1. The minimum Gasteiger partial charge on any atom is -0.493 e. The summed E-state index contributed by atoms with van der Waals surface area (Å²) in [6, 6.07) is 20.3. The number of methoxy groups -OCH3 is 1. The number of halogens is 1. The Kier molecular flexibility index (Phi) is 6.87. The van der Waals surface area contributed by atoms with E-state index >= 15 is 0 Å². The van der Waals surface area contributed by atoms with Gasteiger partial charge in [-0.2, -0.15) is 8.42 Å². The molecule has 168 valence electrons. The molecule has 1 amide bonds. The van der Waals surface area contributed by atoms with Crippen LogP contribution in [0.5, 0.6) is 11.5 Å². The summed E-state index contributed by atoms with van der Waals surface area (Å²) in [7, 11) is -2.65. The first-order chi connectivity index (χ1) is 15.9. The molecule has 1 aliphatic rings. The lowest BCUT2D eigenvalue weighted by atomic mass is 10.2. The molecule has 7 nitrogen and oxygen atoms in total. The lowest BCUT2D eigenvalue weighted by Gasteiger charge is -2.13. The Morgan fingerprint density at radius 1 is 1.03 bits per heavy atom. The van der Waals surface area contributed by atoms with Crippen molar-refractivity contribution < 1.29 is 22.1 Å². The fraction of sp³-hybridized carbons (Fsp3) is 0.0435. The molecule has 1 fully saturated rings. The van der Waals surface area contributed by atoms with Gasteiger partial charge in [-0.1, -0.05) is 36.4 Å². The molecule has 0 saturated carbocycles. The number of nitrogens with one attached hydrogen (secondary N) is 1. The topological polar surface area (TPSA) is 94.1 Å². The van der Waals surface area contributed by atoms with Crippen LogP contribution in [0.15, 0.2) is 92.1 Å². The van der Waals surface area contributed by atoms with E-state index < -0.39 is 10.1 Å². The summed E-state index contributed by atoms with van der Waals surface area (Å²) < 4.78 is 36.3. The molecule has 3 aromatic rings. The van der Waals surface area contributed by atoms with Crippen molar-refractivity contribution in [2.45, 2.75) is 4.90 Å². The predicted molar refractivity (Wildman–Crippen MR) is 132 cm³/mol. The Morgan fingerprint density at radius 3 is 2.36 bits per heavy atom. The molecule has 0 spiro atoms. The summed E-state index contributed by atoms with van der Waals surface area (Å²) in [6.45, 7) is 0. The number of aliphatic imine (C=N–C) groups is 1. The molecular weight excluding hydrogens is 528 g/mol. The summed E-state index contributed by atoms with van der Waals surface area (Å²) in [5.74, 6) is -0.0765. The minimum atomic E-state index is -4.06. The maximum atomic E-state index is 12.6. The molecule has 0 aliphatic carbocycles. The number of thioether (sulfide) groups is 1. The van der Waals surface area contributed by atoms with Crippen molar-refractivity contribution in [2.24, 2.45) is 4.99 Å². The van der Waals surface area contributed by atoms with Gasteiger partial charge in [-0.3, -0.25) is 4.79 Å². The minimum absolute atomic E-state index is 0.0124. The van der Waals surface area contributed by atoms with Gasteiger partial charge in [0.2, 0.25) is 0 Å². The first-order valence-electron chi connectivity index (χ1n) is 9.57. The van der Waals surface area contributed by atoms with E-state index in [9.17, 15) is 13.2 Å². The van der Waals surface area contributed by atoms with Crippen LogP contribution in [0.2, 0.25) is 0 Å². The predicted octanol–water partition coefficient (Wildman–Crippen LogP) is 5.12. The van der Waals surface area contributed by atoms with Crippen molar-refractivity contribution in [1.29, 1.82) is 0 Å². The third kappa shape index (κ3) is 5.47. The standard InChI is InChI=1S/C23H17BrN2O5S2/c1-30-19-13-15(12-18(24)21(19)31-33(28,29)17-10-6-3-7-11-17)14-20-22(27)26-23(32-20)25-16-8-4-2-5-9-16/h2-14H,1H3,(H,25,26,27)/b20-14-. The Labute approximate surface area is 203 Å². The van der Waals surface area contributed by atoms with E-state index in [0.717, 1.165) is 5.69 Å². The molecule has 0 aromatic heterocycles. The van der Waals surface area contributed by atoms with Gasteiger partial charge in [-0.05, 0) is 75.7 Å². The van der Waals surface area contributed by atoms with Crippen LogP contribution in [0.1, 0.15) is 5.56 Å². The number of amidine groups is 1. The molecule has 1 N–H and O–H groups in total. The van der Waals surface area contributed by atoms with Crippen molar-refractivity contribution in [3.8, 4) is 11.5 Å². The summed E-state index contributed by atoms with van der Waals surface area (Å²) in [5.41, 5.74) is 1.34. The number of para-hydroxylation sites is 1. The first kappa shape index (κ1) is 23.1. The van der Waals surface area contributed by atoms with E-state index in [2.05, 4.69) is 26.2 Å². The van der Waals surface area contributed by atoms with Gasteiger partial charge in [0, 0.05) is 0 Å². The van der Waals surface area contributed by atoms with Crippen LogP contribution in [-0.4, -0.2) is 26.6 Å². The average Bonchev–Trinajstić information content (AvgIpc) is 3.15. The van der Waals surface area contributed by atoms with E-state index in [1.54, 1.807) is 36.4 Å². The van der Waals surface area contributed by atoms with E-state index in [-0.39, 0.29) is 22.3 Å². The van der Waals surface area contributed by atoms with Crippen molar-refractivity contribution in [3.63, 3.8) is 0 Å². The molecule has 0 unspecified atom stereocenters. The molecule has 0 bridgehead atoms. The van der Waals surface area contributed by atoms with E-state index in [0.29, 0.717) is 20.1 Å². The maximum Gasteiger partial charge on any atom is 0.339 e. The maximum absolute atomic E-state index is 12.6. The molecule has 33 heavy (non-hydrogen) atoms. The van der Waals surface area contributed by atoms with Crippen molar-refractivity contribution in [2.75, 3.05) is 7.11 Å². The fourth-order valence-corrected chi connectivity index (χ4v) is 5.37. The molecule has 0 radical (unpaired) electrons. The molecular formula is C23H17BrN2O5S2. The van der Waals surface area contributed by atoms with E-state index in [4.69, 9.17) is 8.92 Å². The lowest BCUT2D eigenvalue weighted by molar-refractivity contribution is -0.115. The van der Waals surface area contributed by atoms with Crippen LogP contribution < -0.4 is 14.2 Å². The van der Waals surface area contributed by atoms with Crippen LogP contribution in [0.4, 0.5) is 5.69 Å². The Morgan fingerprint density at radius 2 is 1.70 bits per heavy atom. The Hall–Kier alpha value is -3.08. The van der Waals surface area contributed by atoms with Gasteiger partial charge in [0.05, 0.1) is 22.2 Å². The number of hydrogen-bond acceptors (Lipinski definition) is 7. The van der Waals surface area contributed by atoms with Gasteiger partial charge < -0.3 is 14.2 Å². The number of ether oxygens (including phenoxy) is 1. The van der Waals surface area contributed by atoms with Crippen LogP contribution in [-0.2, 0) is 14.9 Å². The smallest absolute Gasteiger partial charge is 0.339 e. The average molecular weight is 545 g/mol. The molecule has 3 aromatic carbocycles. The molecule has 1 aliphatic heterocycles. The second-order valence-corrected chi connectivity index (χ2v) is 10.1. The van der Waals surface area contributed by atoms with Crippen molar-refractivity contribution in [1.82, 2.24) is 5.32 Å².